The van der Waals surface area contributed by atoms with E-state index in [0.717, 1.165) is 54.2 Å². The molecule has 3 aromatic heterocycles. The molecule has 2 aliphatic rings. The van der Waals surface area contributed by atoms with Crippen molar-refractivity contribution in [3.05, 3.63) is 35.5 Å². The minimum atomic E-state index is -0.152. The summed E-state index contributed by atoms with van der Waals surface area (Å²) < 4.78 is 3.42. The zero-order valence-corrected chi connectivity index (χ0v) is 17.3. The fourth-order valence-electron chi connectivity index (χ4n) is 4.49. The number of nitrogens with one attached hydrogen (secondary N) is 3. The van der Waals surface area contributed by atoms with Gasteiger partial charge in [0.1, 0.15) is 22.7 Å². The average Bonchev–Trinajstić information content (AvgIpc) is 3.46. The predicted octanol–water partition coefficient (Wildman–Crippen LogP) is 1.11. The van der Waals surface area contributed by atoms with Gasteiger partial charge in [-0.25, -0.2) is 9.67 Å². The largest absolute Gasteiger partial charge is 0.373 e. The van der Waals surface area contributed by atoms with Crippen molar-refractivity contribution >= 4 is 39.9 Å². The Morgan fingerprint density at radius 1 is 1.26 bits per heavy atom. The summed E-state index contributed by atoms with van der Waals surface area (Å²) in [5.74, 6) is 1.16. The van der Waals surface area contributed by atoms with Gasteiger partial charge in [0.25, 0.3) is 5.91 Å². The van der Waals surface area contributed by atoms with Gasteiger partial charge < -0.3 is 16.0 Å². The highest BCUT2D eigenvalue weighted by molar-refractivity contribution is 6.00. The van der Waals surface area contributed by atoms with E-state index in [1.807, 2.05) is 20.2 Å². The molecule has 3 N–H and O–H groups in total. The molecule has 0 saturated carbocycles. The standard InChI is InChI=1S/C20H22N10O/c1-21-17-7-16-24-14-5-11(6-15-18(14)26-27-28(15)2)9-29-4-3-12(10-29)23-20(31)13-8-22-30(17)19(13)25-16/h5-8,12,21H,3-4,9-10H2,1-2H3,(H,23,31)(H,24,25)/t12-/m1/s1. The van der Waals surface area contributed by atoms with Crippen LogP contribution in [0.2, 0.25) is 0 Å². The Balaban J connectivity index is 1.58. The Bertz CT molecular complexity index is 1340. The summed E-state index contributed by atoms with van der Waals surface area (Å²) in [6, 6.07) is 6.19. The highest BCUT2D eigenvalue weighted by Crippen LogP contribution is 2.29. The first-order valence-electron chi connectivity index (χ1n) is 10.3. The molecular weight excluding hydrogens is 396 g/mol. The van der Waals surface area contributed by atoms with E-state index < -0.39 is 0 Å². The van der Waals surface area contributed by atoms with Crippen molar-refractivity contribution in [3.63, 3.8) is 0 Å². The number of aryl methyl sites for hydroxylation is 1. The number of rotatable bonds is 1. The third-order valence-electron chi connectivity index (χ3n) is 6.03. The minimum Gasteiger partial charge on any atom is -0.373 e. The molecule has 1 unspecified atom stereocenters. The number of aromatic nitrogens is 6. The molecule has 6 bridgehead atoms. The summed E-state index contributed by atoms with van der Waals surface area (Å²) in [4.78, 5) is 20.1. The van der Waals surface area contributed by atoms with Gasteiger partial charge in [0.2, 0.25) is 0 Å². The molecule has 0 radical (unpaired) electrons. The van der Waals surface area contributed by atoms with Crippen LogP contribution in [0.4, 0.5) is 17.3 Å². The van der Waals surface area contributed by atoms with Crippen molar-refractivity contribution in [2.24, 2.45) is 7.05 Å². The third kappa shape index (κ3) is 2.88. The van der Waals surface area contributed by atoms with Gasteiger partial charge in [0.05, 0.1) is 17.4 Å². The van der Waals surface area contributed by atoms with Gasteiger partial charge in [-0.1, -0.05) is 5.21 Å². The molecule has 1 amide bonds. The van der Waals surface area contributed by atoms with E-state index in [1.165, 1.54) is 0 Å². The van der Waals surface area contributed by atoms with Crippen molar-refractivity contribution < 1.29 is 4.79 Å². The second kappa shape index (κ2) is 6.64. The molecule has 0 spiro atoms. The predicted molar refractivity (Wildman–Crippen MR) is 115 cm³/mol. The van der Waals surface area contributed by atoms with Gasteiger partial charge in [0, 0.05) is 45.8 Å². The first-order chi connectivity index (χ1) is 15.1. The Labute approximate surface area is 177 Å². The summed E-state index contributed by atoms with van der Waals surface area (Å²) in [5.41, 5.74) is 4.66. The van der Waals surface area contributed by atoms with Gasteiger partial charge in [-0.2, -0.15) is 9.61 Å². The van der Waals surface area contributed by atoms with Crippen molar-refractivity contribution in [2.75, 3.05) is 30.8 Å². The molecule has 1 aromatic carbocycles. The Morgan fingerprint density at radius 3 is 3.03 bits per heavy atom. The molecular formula is C20H22N10O. The fourth-order valence-corrected chi connectivity index (χ4v) is 4.49. The topological polar surface area (TPSA) is 117 Å². The first kappa shape index (κ1) is 18.1. The van der Waals surface area contributed by atoms with Crippen LogP contribution in [0.1, 0.15) is 22.3 Å². The van der Waals surface area contributed by atoms with Crippen LogP contribution in [0.15, 0.2) is 24.4 Å². The number of carbonyl (C=O) groups excluding carboxylic acids is 1. The zero-order chi connectivity index (χ0) is 21.1. The lowest BCUT2D eigenvalue weighted by atomic mass is 10.1. The lowest BCUT2D eigenvalue weighted by molar-refractivity contribution is 0.0939. The molecule has 0 aliphatic carbocycles. The van der Waals surface area contributed by atoms with Crippen molar-refractivity contribution in [3.8, 4) is 0 Å². The molecule has 2 aliphatic heterocycles. The van der Waals surface area contributed by atoms with E-state index >= 15 is 0 Å². The van der Waals surface area contributed by atoms with E-state index in [2.05, 4.69) is 48.4 Å². The molecule has 5 heterocycles. The molecule has 158 valence electrons. The highest BCUT2D eigenvalue weighted by atomic mass is 16.1. The zero-order valence-electron chi connectivity index (χ0n) is 17.3. The number of carbonyl (C=O) groups is 1. The Kier molecular flexibility index (Phi) is 3.87. The van der Waals surface area contributed by atoms with Gasteiger partial charge in [-0.15, -0.1) is 5.10 Å². The summed E-state index contributed by atoms with van der Waals surface area (Å²) in [7, 11) is 3.71. The number of benzene rings is 1. The van der Waals surface area contributed by atoms with Gasteiger partial charge >= 0.3 is 0 Å². The van der Waals surface area contributed by atoms with Crippen LogP contribution >= 0.6 is 0 Å². The van der Waals surface area contributed by atoms with Crippen LogP contribution < -0.4 is 16.0 Å². The van der Waals surface area contributed by atoms with E-state index in [-0.39, 0.29) is 11.9 Å². The second-order valence-corrected chi connectivity index (χ2v) is 8.11. The van der Waals surface area contributed by atoms with Gasteiger partial charge in [0.15, 0.2) is 5.65 Å². The lowest BCUT2D eigenvalue weighted by Gasteiger charge is -2.18. The maximum atomic E-state index is 13.0. The highest BCUT2D eigenvalue weighted by Gasteiger charge is 2.27. The monoisotopic (exact) mass is 418 g/mol. The third-order valence-corrected chi connectivity index (χ3v) is 6.03. The van der Waals surface area contributed by atoms with Crippen LogP contribution in [-0.2, 0) is 13.6 Å². The summed E-state index contributed by atoms with van der Waals surface area (Å²) in [6.45, 7) is 2.51. The fraction of sp³-hybridized carbons (Fsp3) is 0.350. The Morgan fingerprint density at radius 2 is 2.16 bits per heavy atom. The minimum absolute atomic E-state index is 0.0945. The number of nitrogens with zero attached hydrogens (tertiary/aromatic N) is 7. The van der Waals surface area contributed by atoms with E-state index in [0.29, 0.717) is 17.0 Å². The van der Waals surface area contributed by atoms with Crippen molar-refractivity contribution in [1.29, 1.82) is 0 Å². The summed E-state index contributed by atoms with van der Waals surface area (Å²) in [6.07, 6.45) is 2.48. The van der Waals surface area contributed by atoms with E-state index in [9.17, 15) is 4.79 Å². The smallest absolute Gasteiger partial charge is 0.257 e. The van der Waals surface area contributed by atoms with Crippen LogP contribution in [0, 0.1) is 0 Å². The maximum absolute atomic E-state index is 13.0. The quantitative estimate of drug-likeness (QED) is 0.421. The van der Waals surface area contributed by atoms with E-state index in [4.69, 9.17) is 4.98 Å². The molecule has 4 aromatic rings. The van der Waals surface area contributed by atoms with Crippen molar-refractivity contribution in [2.45, 2.75) is 19.0 Å². The molecule has 1 fully saturated rings. The molecule has 2 atom stereocenters. The number of hydrogen-bond donors (Lipinski definition) is 3. The van der Waals surface area contributed by atoms with Gasteiger partial charge in [-0.3, -0.25) is 9.69 Å². The second-order valence-electron chi connectivity index (χ2n) is 8.11. The molecule has 11 nitrogen and oxygen atoms in total. The summed E-state index contributed by atoms with van der Waals surface area (Å²) >= 11 is 0. The first-order valence-corrected chi connectivity index (χ1v) is 10.3. The van der Waals surface area contributed by atoms with Crippen LogP contribution in [0.3, 0.4) is 0 Å². The van der Waals surface area contributed by atoms with Crippen LogP contribution in [0.25, 0.3) is 16.7 Å². The molecule has 6 rings (SSSR count). The SMILES string of the molecule is CNc1cc2nc3c(cnn13)C(=O)N[C@@H]1CCN(Cc3cc(c4nnn(C)c4c3)N2)C1. The van der Waals surface area contributed by atoms with E-state index in [1.54, 1.807) is 15.4 Å². The maximum Gasteiger partial charge on any atom is 0.257 e. The number of hydrogen-bond acceptors (Lipinski definition) is 8. The van der Waals surface area contributed by atoms with Crippen LogP contribution in [-0.4, -0.2) is 66.6 Å². The van der Waals surface area contributed by atoms with Crippen LogP contribution in [0.5, 0.6) is 0 Å². The number of anilines is 3. The molecule has 31 heavy (non-hydrogen) atoms. The Hall–Kier alpha value is -3.73. The summed E-state index contributed by atoms with van der Waals surface area (Å²) in [5, 5.41) is 22.6. The lowest BCUT2D eigenvalue weighted by Crippen LogP contribution is -2.37. The normalized spacial score (nSPS) is 20.6. The average molecular weight is 418 g/mol. The molecule has 1 saturated heterocycles. The molecule has 11 heteroatoms. The number of amides is 1. The van der Waals surface area contributed by atoms with Crippen molar-refractivity contribution in [1.82, 2.24) is 39.8 Å². The van der Waals surface area contributed by atoms with Gasteiger partial charge in [-0.05, 0) is 24.1 Å². The number of fused-ring (bicyclic) bond motifs is 7.